The fourth-order valence-electron chi connectivity index (χ4n) is 3.78. The zero-order valence-corrected chi connectivity index (χ0v) is 16.6. The Morgan fingerprint density at radius 1 is 0.800 bits per heavy atom. The highest BCUT2D eigenvalue weighted by atomic mass is 16.2. The van der Waals surface area contributed by atoms with Crippen LogP contribution in [-0.2, 0) is 13.1 Å². The molecule has 0 saturated heterocycles. The Balaban J connectivity index is 1.55. The van der Waals surface area contributed by atoms with Crippen LogP contribution in [0.2, 0.25) is 0 Å². The Morgan fingerprint density at radius 3 is 1.90 bits per heavy atom. The van der Waals surface area contributed by atoms with Crippen molar-refractivity contribution in [2.45, 2.75) is 20.0 Å². The second-order valence-corrected chi connectivity index (χ2v) is 7.33. The first-order valence-electron chi connectivity index (χ1n) is 9.87. The molecule has 0 aliphatic heterocycles. The van der Waals surface area contributed by atoms with Crippen molar-refractivity contribution in [3.05, 3.63) is 108 Å². The Labute approximate surface area is 174 Å². The molecule has 0 saturated carbocycles. The summed E-state index contributed by atoms with van der Waals surface area (Å²) in [5.74, 6) is -0.00939. The third-order valence-electron chi connectivity index (χ3n) is 5.36. The molecule has 148 valence electrons. The quantitative estimate of drug-likeness (QED) is 0.450. The van der Waals surface area contributed by atoms with Gasteiger partial charge in [0.05, 0.1) is 36.9 Å². The van der Waals surface area contributed by atoms with Crippen molar-refractivity contribution in [2.75, 3.05) is 0 Å². The van der Waals surface area contributed by atoms with Crippen LogP contribution in [0.25, 0.3) is 11.3 Å². The zero-order chi connectivity index (χ0) is 20.5. The maximum absolute atomic E-state index is 13.6. The fourth-order valence-corrected chi connectivity index (χ4v) is 3.78. The predicted molar refractivity (Wildman–Crippen MR) is 115 cm³/mol. The van der Waals surface area contributed by atoms with Gasteiger partial charge in [-0.15, -0.1) is 0 Å². The summed E-state index contributed by atoms with van der Waals surface area (Å²) in [5, 5.41) is 0. The van der Waals surface area contributed by atoms with Gasteiger partial charge in [0.1, 0.15) is 11.3 Å². The molecule has 0 N–H and O–H groups in total. The maximum Gasteiger partial charge on any atom is 0.254 e. The molecular weight excluding hydrogens is 374 g/mol. The van der Waals surface area contributed by atoms with Crippen molar-refractivity contribution in [1.82, 2.24) is 23.7 Å². The number of hydrogen-bond donors (Lipinski definition) is 0. The lowest BCUT2D eigenvalue weighted by Gasteiger charge is -2.23. The Bertz CT molecular complexity index is 1270. The lowest BCUT2D eigenvalue weighted by atomic mass is 10.1. The average molecular weight is 395 g/mol. The molecule has 5 rings (SSSR count). The smallest absolute Gasteiger partial charge is 0.254 e. The van der Waals surface area contributed by atoms with E-state index in [0.29, 0.717) is 18.7 Å². The first-order chi connectivity index (χ1) is 14.7. The summed E-state index contributed by atoms with van der Waals surface area (Å²) in [5.41, 5.74) is 5.32. The number of rotatable bonds is 5. The number of carbonyl (C=O) groups is 1. The second kappa shape index (κ2) is 7.48. The minimum absolute atomic E-state index is 0.00939. The molecule has 0 radical (unpaired) electrons. The number of aromatic nitrogens is 4. The summed E-state index contributed by atoms with van der Waals surface area (Å²) >= 11 is 0. The first kappa shape index (κ1) is 18.1. The van der Waals surface area contributed by atoms with Crippen LogP contribution in [0.15, 0.2) is 85.5 Å². The predicted octanol–water partition coefficient (Wildman–Crippen LogP) is 4.13. The summed E-state index contributed by atoms with van der Waals surface area (Å²) < 4.78 is 4.04. The number of nitrogens with zero attached hydrogens (tertiary/aromatic N) is 5. The second-order valence-electron chi connectivity index (χ2n) is 7.33. The molecule has 4 aromatic heterocycles. The van der Waals surface area contributed by atoms with Crippen LogP contribution in [0, 0.1) is 6.92 Å². The van der Waals surface area contributed by atoms with Gasteiger partial charge in [-0.1, -0.05) is 30.3 Å². The summed E-state index contributed by atoms with van der Waals surface area (Å²) in [7, 11) is 0. The van der Waals surface area contributed by atoms with Gasteiger partial charge in [0, 0.05) is 18.0 Å². The van der Waals surface area contributed by atoms with E-state index in [1.165, 1.54) is 0 Å². The molecular formula is C24H21N5O. The van der Waals surface area contributed by atoms with Gasteiger partial charge >= 0.3 is 0 Å². The van der Waals surface area contributed by atoms with Crippen molar-refractivity contribution in [3.8, 4) is 0 Å². The van der Waals surface area contributed by atoms with Crippen LogP contribution in [0.3, 0.4) is 0 Å². The highest BCUT2D eigenvalue weighted by molar-refractivity contribution is 5.95. The number of amides is 1. The summed E-state index contributed by atoms with van der Waals surface area (Å²) in [6.45, 7) is 2.85. The average Bonchev–Trinajstić information content (AvgIpc) is 3.38. The lowest BCUT2D eigenvalue weighted by molar-refractivity contribution is 0.0724. The van der Waals surface area contributed by atoms with Gasteiger partial charge in [0.25, 0.3) is 5.91 Å². The van der Waals surface area contributed by atoms with Gasteiger partial charge < -0.3 is 13.7 Å². The minimum atomic E-state index is -0.00939. The maximum atomic E-state index is 13.6. The van der Waals surface area contributed by atoms with Crippen LogP contribution < -0.4 is 0 Å². The van der Waals surface area contributed by atoms with E-state index in [4.69, 9.17) is 0 Å². The Kier molecular flexibility index (Phi) is 4.52. The molecule has 6 nitrogen and oxygen atoms in total. The van der Waals surface area contributed by atoms with Gasteiger partial charge in [0.15, 0.2) is 0 Å². The fraction of sp³-hybridized carbons (Fsp3) is 0.125. The Hall–Kier alpha value is -3.93. The van der Waals surface area contributed by atoms with Gasteiger partial charge in [-0.05, 0) is 42.8 Å². The number of benzene rings is 1. The van der Waals surface area contributed by atoms with E-state index in [1.54, 1.807) is 0 Å². The van der Waals surface area contributed by atoms with Gasteiger partial charge in [-0.3, -0.25) is 4.79 Å². The number of imidazole rings is 2. The minimum Gasteiger partial charge on any atom is -0.327 e. The van der Waals surface area contributed by atoms with E-state index in [2.05, 4.69) is 9.97 Å². The van der Waals surface area contributed by atoms with Crippen LogP contribution in [0.4, 0.5) is 0 Å². The SMILES string of the molecule is Cc1ccccc1C(=O)N(Cc1cnc2ccccn12)Cc1cnc2ccccn12. The van der Waals surface area contributed by atoms with Crippen molar-refractivity contribution < 1.29 is 4.79 Å². The molecule has 0 aliphatic carbocycles. The van der Waals surface area contributed by atoms with E-state index < -0.39 is 0 Å². The van der Waals surface area contributed by atoms with E-state index in [-0.39, 0.29) is 5.91 Å². The molecule has 1 aromatic carbocycles. The summed E-state index contributed by atoms with van der Waals surface area (Å²) in [6.07, 6.45) is 7.62. The van der Waals surface area contributed by atoms with Gasteiger partial charge in [-0.2, -0.15) is 0 Å². The topological polar surface area (TPSA) is 54.9 Å². The van der Waals surface area contributed by atoms with Crippen LogP contribution >= 0.6 is 0 Å². The van der Waals surface area contributed by atoms with Crippen molar-refractivity contribution in [2.24, 2.45) is 0 Å². The molecule has 5 aromatic rings. The highest BCUT2D eigenvalue weighted by Gasteiger charge is 2.21. The summed E-state index contributed by atoms with van der Waals surface area (Å²) in [6, 6.07) is 19.5. The largest absolute Gasteiger partial charge is 0.327 e. The van der Waals surface area contributed by atoms with Crippen LogP contribution in [0.5, 0.6) is 0 Å². The van der Waals surface area contributed by atoms with E-state index in [0.717, 1.165) is 28.2 Å². The van der Waals surface area contributed by atoms with E-state index >= 15 is 0 Å². The van der Waals surface area contributed by atoms with Gasteiger partial charge in [0.2, 0.25) is 0 Å². The molecule has 0 aliphatic rings. The molecule has 0 fully saturated rings. The van der Waals surface area contributed by atoms with E-state index in [9.17, 15) is 4.79 Å². The molecule has 30 heavy (non-hydrogen) atoms. The number of aryl methyl sites for hydroxylation is 1. The third-order valence-corrected chi connectivity index (χ3v) is 5.36. The number of fused-ring (bicyclic) bond motifs is 2. The van der Waals surface area contributed by atoms with Crippen LogP contribution in [0.1, 0.15) is 27.3 Å². The molecule has 0 spiro atoms. The molecule has 0 bridgehead atoms. The summed E-state index contributed by atoms with van der Waals surface area (Å²) in [4.78, 5) is 24.4. The molecule has 4 heterocycles. The van der Waals surface area contributed by atoms with Crippen molar-refractivity contribution >= 4 is 17.2 Å². The first-order valence-corrected chi connectivity index (χ1v) is 9.87. The third kappa shape index (κ3) is 3.22. The van der Waals surface area contributed by atoms with Crippen LogP contribution in [-0.4, -0.2) is 29.6 Å². The molecule has 0 atom stereocenters. The molecule has 0 unspecified atom stereocenters. The normalized spacial score (nSPS) is 11.2. The van der Waals surface area contributed by atoms with Crippen molar-refractivity contribution in [1.29, 1.82) is 0 Å². The Morgan fingerprint density at radius 2 is 1.33 bits per heavy atom. The monoisotopic (exact) mass is 395 g/mol. The van der Waals surface area contributed by atoms with Gasteiger partial charge in [-0.25, -0.2) is 9.97 Å². The molecule has 6 heteroatoms. The number of hydrogen-bond acceptors (Lipinski definition) is 3. The lowest BCUT2D eigenvalue weighted by Crippen LogP contribution is -2.31. The van der Waals surface area contributed by atoms with E-state index in [1.807, 2.05) is 106 Å². The zero-order valence-electron chi connectivity index (χ0n) is 16.6. The standard InChI is InChI=1S/C24H21N5O/c1-18-8-2-3-9-21(18)24(30)27(16-19-14-25-22-10-4-6-12-28(19)22)17-20-15-26-23-11-5-7-13-29(20)23/h2-15H,16-17H2,1H3. The number of carbonyl (C=O) groups excluding carboxylic acids is 1. The highest BCUT2D eigenvalue weighted by Crippen LogP contribution is 2.18. The van der Waals surface area contributed by atoms with Crippen molar-refractivity contribution in [3.63, 3.8) is 0 Å². The number of pyridine rings is 2. The molecule has 1 amide bonds.